The lowest BCUT2D eigenvalue weighted by Crippen LogP contribution is -3.12. The highest BCUT2D eigenvalue weighted by molar-refractivity contribution is 7.73. The van der Waals surface area contributed by atoms with E-state index in [1.165, 1.54) is 37.1 Å². The van der Waals surface area contributed by atoms with Crippen LogP contribution in [0.25, 0.3) is 0 Å². The SMILES string of the molecule is Cc1ccc(Nc2nn(C[NH+]3CCC(C)CC3)c(=S)s2)cc1C. The van der Waals surface area contributed by atoms with Gasteiger partial charge < -0.3 is 10.2 Å². The number of anilines is 2. The molecule has 0 saturated carbocycles. The van der Waals surface area contributed by atoms with Gasteiger partial charge in [-0.2, -0.15) is 4.68 Å². The summed E-state index contributed by atoms with van der Waals surface area (Å²) in [6, 6.07) is 6.38. The predicted molar refractivity (Wildman–Crippen MR) is 99.2 cm³/mol. The van der Waals surface area contributed by atoms with Gasteiger partial charge in [0.1, 0.15) is 0 Å². The number of rotatable bonds is 4. The number of likely N-dealkylation sites (tertiary alicyclic amines) is 1. The van der Waals surface area contributed by atoms with Crippen molar-refractivity contribution in [1.82, 2.24) is 9.78 Å². The first-order valence-corrected chi connectivity index (χ1v) is 9.49. The van der Waals surface area contributed by atoms with E-state index in [1.807, 2.05) is 4.68 Å². The number of nitrogens with one attached hydrogen (secondary N) is 2. The van der Waals surface area contributed by atoms with Crippen LogP contribution >= 0.6 is 23.6 Å². The maximum absolute atomic E-state index is 5.49. The quantitative estimate of drug-likeness (QED) is 0.831. The summed E-state index contributed by atoms with van der Waals surface area (Å²) in [6.45, 7) is 9.93. The molecule has 1 aromatic heterocycles. The molecule has 124 valence electrons. The summed E-state index contributed by atoms with van der Waals surface area (Å²) in [6.07, 6.45) is 2.61. The fourth-order valence-corrected chi connectivity index (χ4v) is 3.97. The van der Waals surface area contributed by atoms with Gasteiger partial charge in [0.05, 0.1) is 13.1 Å². The molecule has 1 aliphatic heterocycles. The second kappa shape index (κ2) is 7.11. The molecule has 4 nitrogen and oxygen atoms in total. The van der Waals surface area contributed by atoms with Gasteiger partial charge in [-0.25, -0.2) is 0 Å². The highest BCUT2D eigenvalue weighted by Crippen LogP contribution is 2.22. The van der Waals surface area contributed by atoms with E-state index in [0.717, 1.165) is 27.4 Å². The molecule has 0 amide bonds. The molecule has 23 heavy (non-hydrogen) atoms. The highest BCUT2D eigenvalue weighted by atomic mass is 32.1. The lowest BCUT2D eigenvalue weighted by atomic mass is 10.00. The standard InChI is InChI=1S/C17H24N4S2/c1-12-6-8-20(9-7-12)11-21-17(22)23-16(19-21)18-15-5-4-13(2)14(3)10-15/h4-5,10,12H,6-9,11H2,1-3H3,(H,18,19)/p+1. The molecule has 0 radical (unpaired) electrons. The molecular formula is C17H25N4S2+. The molecule has 0 spiro atoms. The molecule has 2 N–H and O–H groups in total. The zero-order valence-electron chi connectivity index (χ0n) is 14.1. The van der Waals surface area contributed by atoms with Gasteiger partial charge in [-0.3, -0.25) is 0 Å². The number of hydrogen-bond acceptors (Lipinski definition) is 4. The number of nitrogens with zero attached hydrogens (tertiary/aromatic N) is 2. The van der Waals surface area contributed by atoms with Crippen LogP contribution in [-0.2, 0) is 6.67 Å². The van der Waals surface area contributed by atoms with E-state index in [2.05, 4.69) is 49.4 Å². The van der Waals surface area contributed by atoms with Crippen LogP contribution in [0.2, 0.25) is 0 Å². The van der Waals surface area contributed by atoms with Gasteiger partial charge in [-0.1, -0.05) is 24.3 Å². The van der Waals surface area contributed by atoms with Crippen LogP contribution in [0.3, 0.4) is 0 Å². The summed E-state index contributed by atoms with van der Waals surface area (Å²) in [4.78, 5) is 1.59. The van der Waals surface area contributed by atoms with Crippen molar-refractivity contribution in [2.75, 3.05) is 18.4 Å². The van der Waals surface area contributed by atoms with Gasteiger partial charge in [0.25, 0.3) is 0 Å². The van der Waals surface area contributed by atoms with Crippen LogP contribution in [0.1, 0.15) is 30.9 Å². The van der Waals surface area contributed by atoms with Gasteiger partial charge in [-0.15, -0.1) is 5.10 Å². The number of hydrogen-bond donors (Lipinski definition) is 2. The first-order valence-electron chi connectivity index (χ1n) is 8.27. The third-order valence-electron chi connectivity index (χ3n) is 4.72. The zero-order chi connectivity index (χ0) is 16.4. The summed E-state index contributed by atoms with van der Waals surface area (Å²) in [5, 5.41) is 8.94. The highest BCUT2D eigenvalue weighted by Gasteiger charge is 2.20. The van der Waals surface area contributed by atoms with E-state index < -0.39 is 0 Å². The van der Waals surface area contributed by atoms with Crippen LogP contribution in [0, 0.1) is 23.7 Å². The van der Waals surface area contributed by atoms with Crippen LogP contribution in [0.4, 0.5) is 10.8 Å². The molecule has 0 bridgehead atoms. The molecule has 6 heteroatoms. The van der Waals surface area contributed by atoms with Crippen molar-refractivity contribution in [2.24, 2.45) is 5.92 Å². The average molecular weight is 350 g/mol. The van der Waals surface area contributed by atoms with Gasteiger partial charge in [0.2, 0.25) is 5.13 Å². The number of piperidine rings is 1. The number of quaternary nitrogens is 1. The topological polar surface area (TPSA) is 34.3 Å². The van der Waals surface area contributed by atoms with Crippen LogP contribution < -0.4 is 10.2 Å². The van der Waals surface area contributed by atoms with Crippen LogP contribution in [0.15, 0.2) is 18.2 Å². The van der Waals surface area contributed by atoms with E-state index in [0.29, 0.717) is 0 Å². The van der Waals surface area contributed by atoms with Crippen LogP contribution in [-0.4, -0.2) is 22.9 Å². The molecule has 0 unspecified atom stereocenters. The second-order valence-corrected chi connectivity index (χ2v) is 8.31. The molecule has 1 fully saturated rings. The smallest absolute Gasteiger partial charge is 0.209 e. The first-order chi connectivity index (χ1) is 11.0. The summed E-state index contributed by atoms with van der Waals surface area (Å²) >= 11 is 7.04. The minimum Gasteiger partial charge on any atom is -0.330 e. The third-order valence-corrected chi connectivity index (χ3v) is 5.94. The largest absolute Gasteiger partial charge is 0.330 e. The fraction of sp³-hybridized carbons (Fsp3) is 0.529. The van der Waals surface area contributed by atoms with E-state index in [9.17, 15) is 0 Å². The molecule has 2 heterocycles. The van der Waals surface area contributed by atoms with Crippen molar-refractivity contribution < 1.29 is 4.90 Å². The number of aromatic nitrogens is 2. The Labute approximate surface area is 147 Å². The minimum atomic E-state index is 0.849. The van der Waals surface area contributed by atoms with Crippen molar-refractivity contribution >= 4 is 34.4 Å². The zero-order valence-corrected chi connectivity index (χ0v) is 15.7. The Hall–Kier alpha value is -1.24. The maximum atomic E-state index is 5.49. The summed E-state index contributed by atoms with van der Waals surface area (Å²) in [5.74, 6) is 0.865. The monoisotopic (exact) mass is 349 g/mol. The number of benzene rings is 1. The molecule has 2 aromatic rings. The Morgan fingerprint density at radius 1 is 1.30 bits per heavy atom. The molecule has 1 saturated heterocycles. The molecule has 0 atom stereocenters. The minimum absolute atomic E-state index is 0.849. The lowest BCUT2D eigenvalue weighted by molar-refractivity contribution is -0.929. The van der Waals surface area contributed by atoms with E-state index in [4.69, 9.17) is 12.2 Å². The van der Waals surface area contributed by atoms with Crippen molar-refractivity contribution in [2.45, 2.75) is 40.3 Å². The van der Waals surface area contributed by atoms with E-state index in [-0.39, 0.29) is 0 Å². The fourth-order valence-electron chi connectivity index (χ4n) is 2.94. The van der Waals surface area contributed by atoms with Crippen molar-refractivity contribution in [3.05, 3.63) is 33.3 Å². The molecule has 3 rings (SSSR count). The Morgan fingerprint density at radius 3 is 2.74 bits per heavy atom. The van der Waals surface area contributed by atoms with Gasteiger partial charge in [0, 0.05) is 5.69 Å². The maximum Gasteiger partial charge on any atom is 0.209 e. The molecule has 1 aromatic carbocycles. The lowest BCUT2D eigenvalue weighted by Gasteiger charge is -2.26. The molecule has 1 aliphatic rings. The molecular weight excluding hydrogens is 324 g/mol. The normalized spacial score (nSPS) is 21.3. The Morgan fingerprint density at radius 2 is 2.04 bits per heavy atom. The van der Waals surface area contributed by atoms with Gasteiger partial charge in [0.15, 0.2) is 10.6 Å². The summed E-state index contributed by atoms with van der Waals surface area (Å²) in [7, 11) is 0. The van der Waals surface area contributed by atoms with Gasteiger partial charge >= 0.3 is 0 Å². The summed E-state index contributed by atoms with van der Waals surface area (Å²) in [5.41, 5.74) is 3.66. The van der Waals surface area contributed by atoms with E-state index in [1.54, 1.807) is 16.2 Å². The van der Waals surface area contributed by atoms with Gasteiger partial charge in [-0.05, 0) is 68.1 Å². The van der Waals surface area contributed by atoms with Crippen molar-refractivity contribution in [3.63, 3.8) is 0 Å². The first kappa shape index (κ1) is 16.6. The third kappa shape index (κ3) is 4.19. The number of aryl methyl sites for hydroxylation is 2. The Balaban J connectivity index is 1.68. The van der Waals surface area contributed by atoms with E-state index >= 15 is 0 Å². The molecule has 0 aliphatic carbocycles. The van der Waals surface area contributed by atoms with Crippen LogP contribution in [0.5, 0.6) is 0 Å². The average Bonchev–Trinajstić information content (AvgIpc) is 2.85. The summed E-state index contributed by atoms with van der Waals surface area (Å²) < 4.78 is 2.83. The Kier molecular flexibility index (Phi) is 5.14. The second-order valence-electron chi connectivity index (χ2n) is 6.69. The van der Waals surface area contributed by atoms with Crippen molar-refractivity contribution in [3.8, 4) is 0 Å². The Bertz CT molecular complexity index is 726. The van der Waals surface area contributed by atoms with Crippen molar-refractivity contribution in [1.29, 1.82) is 0 Å². The predicted octanol–water partition coefficient (Wildman–Crippen LogP) is 3.31.